The fraction of sp³-hybridized carbons (Fsp3) is 0.321. The van der Waals surface area contributed by atoms with Gasteiger partial charge in [-0.3, -0.25) is 4.79 Å². The Bertz CT molecular complexity index is 1070. The molecule has 0 spiro atoms. The van der Waals surface area contributed by atoms with E-state index >= 15 is 0 Å². The summed E-state index contributed by atoms with van der Waals surface area (Å²) in [4.78, 5) is 15.2. The van der Waals surface area contributed by atoms with E-state index in [4.69, 9.17) is 16.3 Å². The molecular weight excluding hydrogens is 432 g/mol. The Morgan fingerprint density at radius 1 is 1.00 bits per heavy atom. The standard InChI is InChI=1S/C28H31ClN2O2/c1-20(2)31-15-13-23(14-16-31)28(32)30-26-7-4-8-27(18-26)33-19-21-9-11-22(12-10-21)24-5-3-6-25(29)17-24/h3-12,17-18,20,23H,13-16,19H2,1-2H3,(H,30,32). The third-order valence-corrected chi connectivity index (χ3v) is 6.48. The number of hydrogen-bond acceptors (Lipinski definition) is 3. The summed E-state index contributed by atoms with van der Waals surface area (Å²) >= 11 is 6.10. The number of rotatable bonds is 7. The highest BCUT2D eigenvalue weighted by Gasteiger charge is 2.26. The van der Waals surface area contributed by atoms with E-state index in [1.54, 1.807) is 0 Å². The van der Waals surface area contributed by atoms with Gasteiger partial charge in [-0.1, -0.05) is 54.1 Å². The number of carbonyl (C=O) groups excluding carboxylic acids is 1. The number of piperidine rings is 1. The highest BCUT2D eigenvalue weighted by atomic mass is 35.5. The molecule has 0 aromatic heterocycles. The van der Waals surface area contributed by atoms with Crippen molar-refractivity contribution in [3.63, 3.8) is 0 Å². The van der Waals surface area contributed by atoms with Crippen molar-refractivity contribution in [3.8, 4) is 16.9 Å². The summed E-state index contributed by atoms with van der Waals surface area (Å²) in [5, 5.41) is 3.81. The van der Waals surface area contributed by atoms with E-state index in [1.807, 2.05) is 48.5 Å². The fourth-order valence-corrected chi connectivity index (χ4v) is 4.40. The third kappa shape index (κ3) is 6.37. The molecular formula is C28H31ClN2O2. The summed E-state index contributed by atoms with van der Waals surface area (Å²) in [5.41, 5.74) is 4.06. The molecule has 0 unspecified atom stereocenters. The zero-order chi connectivity index (χ0) is 23.2. The van der Waals surface area contributed by atoms with E-state index in [2.05, 4.69) is 48.3 Å². The van der Waals surface area contributed by atoms with E-state index in [-0.39, 0.29) is 11.8 Å². The molecule has 33 heavy (non-hydrogen) atoms. The molecule has 3 aromatic carbocycles. The minimum Gasteiger partial charge on any atom is -0.489 e. The predicted molar refractivity (Wildman–Crippen MR) is 136 cm³/mol. The highest BCUT2D eigenvalue weighted by Crippen LogP contribution is 2.25. The lowest BCUT2D eigenvalue weighted by Crippen LogP contribution is -2.41. The van der Waals surface area contributed by atoms with Gasteiger partial charge in [0.15, 0.2) is 0 Å². The predicted octanol–water partition coefficient (Wildman–Crippen LogP) is 6.64. The van der Waals surface area contributed by atoms with Crippen LogP contribution in [-0.4, -0.2) is 29.9 Å². The quantitative estimate of drug-likeness (QED) is 0.427. The first-order valence-corrected chi connectivity index (χ1v) is 12.0. The number of carbonyl (C=O) groups is 1. The molecule has 1 amide bonds. The first-order chi connectivity index (χ1) is 16.0. The number of likely N-dealkylation sites (tertiary alicyclic amines) is 1. The normalized spacial score (nSPS) is 14.9. The largest absolute Gasteiger partial charge is 0.489 e. The number of ether oxygens (including phenoxy) is 1. The van der Waals surface area contributed by atoms with E-state index in [0.29, 0.717) is 12.6 Å². The van der Waals surface area contributed by atoms with Gasteiger partial charge in [-0.15, -0.1) is 0 Å². The average Bonchev–Trinajstić information content (AvgIpc) is 2.83. The van der Waals surface area contributed by atoms with Gasteiger partial charge in [0.2, 0.25) is 5.91 Å². The van der Waals surface area contributed by atoms with Crippen LogP contribution in [0.25, 0.3) is 11.1 Å². The molecule has 5 heteroatoms. The van der Waals surface area contributed by atoms with Gasteiger partial charge in [-0.25, -0.2) is 0 Å². The Balaban J connectivity index is 1.31. The topological polar surface area (TPSA) is 41.6 Å². The summed E-state index contributed by atoms with van der Waals surface area (Å²) in [5.74, 6) is 0.913. The maximum atomic E-state index is 12.7. The lowest BCUT2D eigenvalue weighted by atomic mass is 9.95. The van der Waals surface area contributed by atoms with Crippen molar-refractivity contribution in [3.05, 3.63) is 83.4 Å². The monoisotopic (exact) mass is 462 g/mol. The third-order valence-electron chi connectivity index (χ3n) is 6.25. The zero-order valence-electron chi connectivity index (χ0n) is 19.3. The molecule has 0 atom stereocenters. The van der Waals surface area contributed by atoms with Crippen molar-refractivity contribution in [2.24, 2.45) is 5.92 Å². The Labute approximate surface area is 201 Å². The minimum absolute atomic E-state index is 0.0718. The summed E-state index contributed by atoms with van der Waals surface area (Å²) in [6.07, 6.45) is 1.82. The van der Waals surface area contributed by atoms with E-state index in [1.165, 1.54) is 0 Å². The van der Waals surface area contributed by atoms with Crippen molar-refractivity contribution in [2.45, 2.75) is 39.3 Å². The van der Waals surface area contributed by atoms with E-state index in [9.17, 15) is 4.79 Å². The van der Waals surface area contributed by atoms with Gasteiger partial charge in [0.25, 0.3) is 0 Å². The molecule has 1 heterocycles. The summed E-state index contributed by atoms with van der Waals surface area (Å²) in [7, 11) is 0. The summed E-state index contributed by atoms with van der Waals surface area (Å²) < 4.78 is 5.99. The second-order valence-corrected chi connectivity index (χ2v) is 9.35. The molecule has 1 aliphatic heterocycles. The molecule has 172 valence electrons. The summed E-state index contributed by atoms with van der Waals surface area (Å²) in [6.45, 7) is 6.84. The molecule has 1 fully saturated rings. The van der Waals surface area contributed by atoms with Gasteiger partial charge < -0.3 is 15.0 Å². The average molecular weight is 463 g/mol. The molecule has 4 rings (SSSR count). The van der Waals surface area contributed by atoms with Crippen LogP contribution in [0.1, 0.15) is 32.3 Å². The lowest BCUT2D eigenvalue weighted by Gasteiger charge is -2.33. The molecule has 1 saturated heterocycles. The van der Waals surface area contributed by atoms with Gasteiger partial charge in [0.1, 0.15) is 12.4 Å². The molecule has 0 aliphatic carbocycles. The second kappa shape index (κ2) is 10.9. The van der Waals surface area contributed by atoms with Crippen LogP contribution < -0.4 is 10.1 Å². The van der Waals surface area contributed by atoms with Crippen molar-refractivity contribution in [2.75, 3.05) is 18.4 Å². The Hall–Kier alpha value is -2.82. The molecule has 0 bridgehead atoms. The van der Waals surface area contributed by atoms with Crippen molar-refractivity contribution in [1.29, 1.82) is 0 Å². The maximum Gasteiger partial charge on any atom is 0.227 e. The van der Waals surface area contributed by atoms with Gasteiger partial charge >= 0.3 is 0 Å². The Kier molecular flexibility index (Phi) is 7.69. The molecule has 0 radical (unpaired) electrons. The van der Waals surface area contributed by atoms with Gasteiger partial charge in [0, 0.05) is 28.7 Å². The number of amides is 1. The zero-order valence-corrected chi connectivity index (χ0v) is 20.0. The van der Waals surface area contributed by atoms with Crippen LogP contribution in [0.4, 0.5) is 5.69 Å². The van der Waals surface area contributed by atoms with Crippen molar-refractivity contribution < 1.29 is 9.53 Å². The van der Waals surface area contributed by atoms with E-state index in [0.717, 1.165) is 59.1 Å². The molecule has 1 N–H and O–H groups in total. The smallest absolute Gasteiger partial charge is 0.227 e. The van der Waals surface area contributed by atoms with Crippen molar-refractivity contribution in [1.82, 2.24) is 4.90 Å². The van der Waals surface area contributed by atoms with Crippen LogP contribution in [0, 0.1) is 5.92 Å². The first kappa shape index (κ1) is 23.3. The second-order valence-electron chi connectivity index (χ2n) is 8.92. The van der Waals surface area contributed by atoms with Crippen molar-refractivity contribution >= 4 is 23.2 Å². The minimum atomic E-state index is 0.0718. The highest BCUT2D eigenvalue weighted by molar-refractivity contribution is 6.30. The number of nitrogens with zero attached hydrogens (tertiary/aromatic N) is 1. The SMILES string of the molecule is CC(C)N1CCC(C(=O)Nc2cccc(OCc3ccc(-c4cccc(Cl)c4)cc3)c2)CC1. The first-order valence-electron chi connectivity index (χ1n) is 11.6. The van der Waals surface area contributed by atoms with Crippen LogP contribution in [0.15, 0.2) is 72.8 Å². The Morgan fingerprint density at radius 3 is 2.42 bits per heavy atom. The van der Waals surface area contributed by atoms with Gasteiger partial charge in [0.05, 0.1) is 0 Å². The summed E-state index contributed by atoms with van der Waals surface area (Å²) in [6, 6.07) is 24.3. The fourth-order valence-electron chi connectivity index (χ4n) is 4.21. The molecule has 4 nitrogen and oxygen atoms in total. The van der Waals surface area contributed by atoms with Gasteiger partial charge in [-0.05, 0) is 80.7 Å². The lowest BCUT2D eigenvalue weighted by molar-refractivity contribution is -0.121. The number of nitrogens with one attached hydrogen (secondary N) is 1. The van der Waals surface area contributed by atoms with E-state index < -0.39 is 0 Å². The van der Waals surface area contributed by atoms with Crippen LogP contribution in [0.3, 0.4) is 0 Å². The Morgan fingerprint density at radius 2 is 1.73 bits per heavy atom. The van der Waals surface area contributed by atoms with Gasteiger partial charge in [-0.2, -0.15) is 0 Å². The maximum absolute atomic E-state index is 12.7. The number of anilines is 1. The molecule has 3 aromatic rings. The molecule has 1 aliphatic rings. The van der Waals surface area contributed by atoms with Crippen LogP contribution in [0.5, 0.6) is 5.75 Å². The number of hydrogen-bond donors (Lipinski definition) is 1. The number of benzene rings is 3. The molecule has 0 saturated carbocycles. The van der Waals surface area contributed by atoms with Crippen LogP contribution in [-0.2, 0) is 11.4 Å². The number of halogens is 1. The van der Waals surface area contributed by atoms with Crippen LogP contribution >= 0.6 is 11.6 Å². The van der Waals surface area contributed by atoms with Crippen LogP contribution in [0.2, 0.25) is 5.02 Å².